The van der Waals surface area contributed by atoms with Crippen molar-refractivity contribution < 1.29 is 14.6 Å². The third-order valence-electron chi connectivity index (χ3n) is 3.52. The number of phenols is 1. The molecule has 0 atom stereocenters. The van der Waals surface area contributed by atoms with Crippen LogP contribution in [0.1, 0.15) is 15.4 Å². The van der Waals surface area contributed by atoms with Gasteiger partial charge in [0.15, 0.2) is 11.5 Å². The number of aryl methyl sites for hydroxylation is 1. The Bertz CT molecular complexity index is 872. The summed E-state index contributed by atoms with van der Waals surface area (Å²) >= 11 is 1.60. The summed E-state index contributed by atoms with van der Waals surface area (Å²) in [6.07, 6.45) is 0. The van der Waals surface area contributed by atoms with Crippen LogP contribution in [0.4, 0.5) is 5.69 Å². The van der Waals surface area contributed by atoms with Crippen LogP contribution in [0.25, 0.3) is 11.3 Å². The van der Waals surface area contributed by atoms with Crippen LogP contribution < -0.4 is 10.1 Å². The topological polar surface area (TPSA) is 71.5 Å². The number of benzene rings is 2. The molecule has 0 aliphatic heterocycles. The molecule has 0 aliphatic rings. The van der Waals surface area contributed by atoms with Gasteiger partial charge in [-0.3, -0.25) is 4.79 Å². The number of hydrogen-bond acceptors (Lipinski definition) is 5. The highest BCUT2D eigenvalue weighted by Crippen LogP contribution is 2.30. The lowest BCUT2D eigenvalue weighted by molar-refractivity contribution is 0.102. The second kappa shape index (κ2) is 6.72. The van der Waals surface area contributed by atoms with Gasteiger partial charge in [0.1, 0.15) is 0 Å². The number of nitrogens with zero attached hydrogens (tertiary/aromatic N) is 1. The third kappa shape index (κ3) is 3.23. The van der Waals surface area contributed by atoms with Gasteiger partial charge < -0.3 is 15.2 Å². The molecule has 2 aromatic carbocycles. The van der Waals surface area contributed by atoms with E-state index in [0.29, 0.717) is 5.69 Å². The largest absolute Gasteiger partial charge is 0.504 e. The Morgan fingerprint density at radius 1 is 1.21 bits per heavy atom. The molecule has 0 spiro atoms. The van der Waals surface area contributed by atoms with Crippen molar-refractivity contribution in [3.8, 4) is 22.8 Å². The third-order valence-corrected chi connectivity index (χ3v) is 4.29. The Kier molecular flexibility index (Phi) is 4.48. The van der Waals surface area contributed by atoms with Crippen molar-refractivity contribution >= 4 is 22.9 Å². The van der Waals surface area contributed by atoms with E-state index in [4.69, 9.17) is 4.74 Å². The Hall–Kier alpha value is -2.86. The second-order valence-electron chi connectivity index (χ2n) is 5.14. The van der Waals surface area contributed by atoms with E-state index in [0.717, 1.165) is 16.3 Å². The van der Waals surface area contributed by atoms with Crippen LogP contribution in [0.5, 0.6) is 11.5 Å². The molecule has 0 fully saturated rings. The first-order chi connectivity index (χ1) is 11.6. The van der Waals surface area contributed by atoms with E-state index >= 15 is 0 Å². The maximum atomic E-state index is 12.3. The Labute approximate surface area is 143 Å². The number of aromatic hydroxyl groups is 1. The van der Waals surface area contributed by atoms with Gasteiger partial charge in [0, 0.05) is 16.6 Å². The molecule has 24 heavy (non-hydrogen) atoms. The van der Waals surface area contributed by atoms with Gasteiger partial charge >= 0.3 is 0 Å². The summed E-state index contributed by atoms with van der Waals surface area (Å²) in [5, 5.41) is 15.8. The van der Waals surface area contributed by atoms with E-state index in [9.17, 15) is 9.90 Å². The summed E-state index contributed by atoms with van der Waals surface area (Å²) in [7, 11) is 1.44. The number of thiazole rings is 1. The fraction of sp³-hybridized carbons (Fsp3) is 0.111. The highest BCUT2D eigenvalue weighted by Gasteiger charge is 2.15. The normalized spacial score (nSPS) is 10.4. The van der Waals surface area contributed by atoms with Crippen LogP contribution in [0, 0.1) is 6.92 Å². The van der Waals surface area contributed by atoms with Gasteiger partial charge in [-0.05, 0) is 31.2 Å². The highest BCUT2D eigenvalue weighted by molar-refractivity contribution is 7.09. The minimum absolute atomic E-state index is 0.161. The van der Waals surface area contributed by atoms with Crippen molar-refractivity contribution in [2.75, 3.05) is 12.4 Å². The number of carbonyl (C=O) groups is 1. The molecule has 3 rings (SSSR count). The molecule has 2 N–H and O–H groups in total. The Balaban J connectivity index is 1.78. The number of phenolic OH excluding ortho intramolecular Hbond substituents is 1. The van der Waals surface area contributed by atoms with E-state index in [2.05, 4.69) is 10.3 Å². The van der Waals surface area contributed by atoms with Crippen molar-refractivity contribution in [3.63, 3.8) is 0 Å². The summed E-state index contributed by atoms with van der Waals surface area (Å²) in [4.78, 5) is 16.8. The molecule has 1 amide bonds. The van der Waals surface area contributed by atoms with Gasteiger partial charge in [0.25, 0.3) is 5.91 Å². The zero-order valence-electron chi connectivity index (χ0n) is 13.2. The molecule has 5 nitrogen and oxygen atoms in total. The smallest absolute Gasteiger partial charge is 0.259 e. The summed E-state index contributed by atoms with van der Waals surface area (Å²) < 4.78 is 5.02. The Morgan fingerprint density at radius 2 is 1.96 bits per heavy atom. The summed E-state index contributed by atoms with van der Waals surface area (Å²) in [5.74, 6) is -0.312. The van der Waals surface area contributed by atoms with Crippen LogP contribution in [0.3, 0.4) is 0 Å². The van der Waals surface area contributed by atoms with Crippen molar-refractivity contribution in [3.05, 3.63) is 58.4 Å². The van der Waals surface area contributed by atoms with Crippen molar-refractivity contribution in [2.45, 2.75) is 6.92 Å². The summed E-state index contributed by atoms with van der Waals surface area (Å²) in [5.41, 5.74) is 2.70. The number of amides is 1. The maximum Gasteiger partial charge on any atom is 0.259 e. The minimum atomic E-state index is -0.399. The second-order valence-corrected chi connectivity index (χ2v) is 6.20. The average molecular weight is 340 g/mol. The van der Waals surface area contributed by atoms with E-state index in [-0.39, 0.29) is 17.1 Å². The molecule has 0 bridgehead atoms. The molecule has 0 saturated carbocycles. The molecule has 0 aliphatic carbocycles. The fourth-order valence-corrected chi connectivity index (χ4v) is 2.91. The molecule has 122 valence electrons. The van der Waals surface area contributed by atoms with E-state index < -0.39 is 5.91 Å². The number of nitrogens with one attached hydrogen (secondary N) is 1. The van der Waals surface area contributed by atoms with Crippen molar-refractivity contribution in [1.82, 2.24) is 4.98 Å². The van der Waals surface area contributed by atoms with Crippen molar-refractivity contribution in [2.24, 2.45) is 0 Å². The van der Waals surface area contributed by atoms with Gasteiger partial charge in [-0.1, -0.05) is 18.2 Å². The molecule has 3 aromatic rings. The predicted octanol–water partition coefficient (Wildman–Crippen LogP) is 4.09. The lowest BCUT2D eigenvalue weighted by Gasteiger charge is -2.09. The number of anilines is 1. The van der Waals surface area contributed by atoms with Crippen LogP contribution in [0.15, 0.2) is 47.8 Å². The fourth-order valence-electron chi connectivity index (χ4n) is 2.29. The van der Waals surface area contributed by atoms with Crippen LogP contribution >= 0.6 is 11.3 Å². The number of hydrogen-bond donors (Lipinski definition) is 2. The van der Waals surface area contributed by atoms with E-state index in [1.807, 2.05) is 24.4 Å². The predicted molar refractivity (Wildman–Crippen MR) is 94.9 cm³/mol. The zero-order valence-corrected chi connectivity index (χ0v) is 14.1. The zero-order chi connectivity index (χ0) is 17.1. The van der Waals surface area contributed by atoms with E-state index in [1.54, 1.807) is 41.7 Å². The van der Waals surface area contributed by atoms with Gasteiger partial charge in [0.2, 0.25) is 0 Å². The first-order valence-electron chi connectivity index (χ1n) is 7.28. The molecule has 1 aromatic heterocycles. The minimum Gasteiger partial charge on any atom is -0.504 e. The Morgan fingerprint density at radius 3 is 2.58 bits per heavy atom. The summed E-state index contributed by atoms with van der Waals surface area (Å²) in [6.45, 7) is 1.96. The number of aromatic nitrogens is 1. The average Bonchev–Trinajstić information content (AvgIpc) is 3.02. The molecule has 0 unspecified atom stereocenters. The number of rotatable bonds is 4. The van der Waals surface area contributed by atoms with Gasteiger partial charge in [0.05, 0.1) is 23.4 Å². The molecular formula is C18H16N2O3S. The quantitative estimate of drug-likeness (QED) is 0.750. The van der Waals surface area contributed by atoms with Gasteiger partial charge in [-0.2, -0.15) is 0 Å². The number of methoxy groups -OCH3 is 1. The standard InChI is InChI=1S/C18H16N2O3S/c1-11-19-15(10-24-11)12-6-8-13(9-7-12)20-18(22)14-4-3-5-16(23-2)17(14)21/h3-10,21H,1-2H3,(H,20,22). The number of carbonyl (C=O) groups excluding carboxylic acids is 1. The SMILES string of the molecule is COc1cccc(C(=O)Nc2ccc(-c3csc(C)n3)cc2)c1O. The van der Waals surface area contributed by atoms with E-state index in [1.165, 1.54) is 7.11 Å². The lowest BCUT2D eigenvalue weighted by atomic mass is 10.1. The molecule has 6 heteroatoms. The van der Waals surface area contributed by atoms with Crippen LogP contribution in [-0.4, -0.2) is 23.1 Å². The molecule has 0 saturated heterocycles. The van der Waals surface area contributed by atoms with Crippen LogP contribution in [0.2, 0.25) is 0 Å². The maximum absolute atomic E-state index is 12.3. The number of ether oxygens (including phenoxy) is 1. The first-order valence-corrected chi connectivity index (χ1v) is 8.16. The molecular weight excluding hydrogens is 324 g/mol. The van der Waals surface area contributed by atoms with Gasteiger partial charge in [-0.25, -0.2) is 4.98 Å². The first kappa shape index (κ1) is 16.0. The molecule has 0 radical (unpaired) electrons. The lowest BCUT2D eigenvalue weighted by Crippen LogP contribution is -2.12. The van der Waals surface area contributed by atoms with Crippen LogP contribution in [-0.2, 0) is 0 Å². The monoisotopic (exact) mass is 340 g/mol. The highest BCUT2D eigenvalue weighted by atomic mass is 32.1. The number of para-hydroxylation sites is 1. The summed E-state index contributed by atoms with van der Waals surface area (Å²) in [6, 6.07) is 12.2. The van der Waals surface area contributed by atoms with Crippen molar-refractivity contribution in [1.29, 1.82) is 0 Å². The molecule has 1 heterocycles. The van der Waals surface area contributed by atoms with Gasteiger partial charge in [-0.15, -0.1) is 11.3 Å².